The summed E-state index contributed by atoms with van der Waals surface area (Å²) in [4.78, 5) is 25.8. The first-order valence-corrected chi connectivity index (χ1v) is 8.87. The standard InChI is InChI=1S/C19H29N3O2/c1-4-13(2)14(3)22(17-9-10-17)12-11-18(23)21-16-7-5-15(6-8-16)19(20)24/h5-8,13-14,17H,4,9-12H2,1-3H3,(H2,20,24)(H,21,23). The zero-order valence-corrected chi connectivity index (χ0v) is 14.9. The molecule has 2 amide bonds. The molecule has 1 aliphatic carbocycles. The third kappa shape index (κ3) is 5.06. The molecular formula is C19H29N3O2. The van der Waals surface area contributed by atoms with E-state index in [4.69, 9.17) is 5.73 Å². The second-order valence-corrected chi connectivity index (χ2v) is 6.83. The van der Waals surface area contributed by atoms with E-state index in [-0.39, 0.29) is 5.91 Å². The van der Waals surface area contributed by atoms with Gasteiger partial charge in [-0.25, -0.2) is 0 Å². The molecule has 5 nitrogen and oxygen atoms in total. The lowest BCUT2D eigenvalue weighted by atomic mass is 9.99. The summed E-state index contributed by atoms with van der Waals surface area (Å²) in [5.74, 6) is 0.172. The van der Waals surface area contributed by atoms with Gasteiger partial charge in [0.1, 0.15) is 0 Å². The number of carbonyl (C=O) groups is 2. The average Bonchev–Trinajstić information content (AvgIpc) is 3.39. The van der Waals surface area contributed by atoms with Gasteiger partial charge in [-0.15, -0.1) is 0 Å². The molecular weight excluding hydrogens is 302 g/mol. The molecule has 0 aromatic heterocycles. The monoisotopic (exact) mass is 331 g/mol. The quantitative estimate of drug-likeness (QED) is 0.730. The minimum Gasteiger partial charge on any atom is -0.366 e. The zero-order valence-electron chi connectivity index (χ0n) is 14.9. The van der Waals surface area contributed by atoms with Crippen LogP contribution in [0.5, 0.6) is 0 Å². The number of nitrogens with one attached hydrogen (secondary N) is 1. The topological polar surface area (TPSA) is 75.4 Å². The minimum absolute atomic E-state index is 0.00354. The first-order chi connectivity index (χ1) is 11.4. The number of nitrogens with zero attached hydrogens (tertiary/aromatic N) is 1. The molecule has 1 aromatic rings. The maximum atomic E-state index is 12.2. The third-order valence-electron chi connectivity index (χ3n) is 5.06. The largest absolute Gasteiger partial charge is 0.366 e. The van der Waals surface area contributed by atoms with E-state index < -0.39 is 5.91 Å². The van der Waals surface area contributed by atoms with Gasteiger partial charge in [0, 0.05) is 36.3 Å². The Morgan fingerprint density at radius 3 is 2.38 bits per heavy atom. The van der Waals surface area contributed by atoms with Gasteiger partial charge in [0.2, 0.25) is 11.8 Å². The van der Waals surface area contributed by atoms with Crippen molar-refractivity contribution in [1.29, 1.82) is 0 Å². The van der Waals surface area contributed by atoms with Crippen LogP contribution in [0.3, 0.4) is 0 Å². The highest BCUT2D eigenvalue weighted by molar-refractivity contribution is 5.94. The van der Waals surface area contributed by atoms with Crippen molar-refractivity contribution in [1.82, 2.24) is 4.90 Å². The van der Waals surface area contributed by atoms with Crippen LogP contribution in [0.25, 0.3) is 0 Å². The van der Waals surface area contributed by atoms with Crippen molar-refractivity contribution in [3.8, 4) is 0 Å². The molecule has 0 spiro atoms. The fourth-order valence-corrected chi connectivity index (χ4v) is 2.96. The minimum atomic E-state index is -0.466. The van der Waals surface area contributed by atoms with Gasteiger partial charge < -0.3 is 11.1 Å². The van der Waals surface area contributed by atoms with Crippen LogP contribution in [0, 0.1) is 5.92 Å². The summed E-state index contributed by atoms with van der Waals surface area (Å²) in [5, 5.41) is 2.89. The van der Waals surface area contributed by atoms with E-state index in [0.717, 1.165) is 13.0 Å². The van der Waals surface area contributed by atoms with Crippen molar-refractivity contribution in [2.75, 3.05) is 11.9 Å². The Kier molecular flexibility index (Phi) is 6.37. The van der Waals surface area contributed by atoms with Gasteiger partial charge in [0.15, 0.2) is 0 Å². The Morgan fingerprint density at radius 1 is 1.25 bits per heavy atom. The molecule has 0 radical (unpaired) electrons. The number of nitrogens with two attached hydrogens (primary N) is 1. The third-order valence-corrected chi connectivity index (χ3v) is 5.06. The predicted molar refractivity (Wildman–Crippen MR) is 96.9 cm³/mol. The van der Waals surface area contributed by atoms with Gasteiger partial charge >= 0.3 is 0 Å². The van der Waals surface area contributed by atoms with Crippen LogP contribution >= 0.6 is 0 Å². The molecule has 2 rings (SSSR count). The molecule has 0 aliphatic heterocycles. The average molecular weight is 331 g/mol. The van der Waals surface area contributed by atoms with Crippen molar-refractivity contribution in [2.45, 2.75) is 58.5 Å². The molecule has 0 saturated heterocycles. The Balaban J connectivity index is 1.85. The molecule has 3 N–H and O–H groups in total. The van der Waals surface area contributed by atoms with E-state index >= 15 is 0 Å². The van der Waals surface area contributed by atoms with Crippen LogP contribution in [0.1, 0.15) is 56.8 Å². The van der Waals surface area contributed by atoms with Gasteiger partial charge in [0.25, 0.3) is 0 Å². The second kappa shape index (κ2) is 8.29. The molecule has 1 fully saturated rings. The molecule has 0 heterocycles. The smallest absolute Gasteiger partial charge is 0.248 e. The molecule has 0 bridgehead atoms. The van der Waals surface area contributed by atoms with E-state index in [9.17, 15) is 9.59 Å². The van der Waals surface area contributed by atoms with E-state index in [0.29, 0.717) is 35.7 Å². The maximum Gasteiger partial charge on any atom is 0.248 e. The van der Waals surface area contributed by atoms with Crippen molar-refractivity contribution >= 4 is 17.5 Å². The Bertz CT molecular complexity index is 566. The fourth-order valence-electron chi connectivity index (χ4n) is 2.96. The van der Waals surface area contributed by atoms with Gasteiger partial charge in [-0.2, -0.15) is 0 Å². The van der Waals surface area contributed by atoms with Crippen molar-refractivity contribution in [2.24, 2.45) is 11.7 Å². The van der Waals surface area contributed by atoms with E-state index in [1.165, 1.54) is 12.8 Å². The summed E-state index contributed by atoms with van der Waals surface area (Å²) in [5.41, 5.74) is 6.35. The van der Waals surface area contributed by atoms with Crippen LogP contribution in [-0.2, 0) is 4.79 Å². The van der Waals surface area contributed by atoms with Crippen LogP contribution in [0.15, 0.2) is 24.3 Å². The maximum absolute atomic E-state index is 12.2. The molecule has 132 valence electrons. The summed E-state index contributed by atoms with van der Waals surface area (Å²) in [7, 11) is 0. The molecule has 2 unspecified atom stereocenters. The zero-order chi connectivity index (χ0) is 17.7. The lowest BCUT2D eigenvalue weighted by molar-refractivity contribution is -0.116. The van der Waals surface area contributed by atoms with Crippen molar-refractivity contribution in [3.05, 3.63) is 29.8 Å². The fraction of sp³-hybridized carbons (Fsp3) is 0.579. The van der Waals surface area contributed by atoms with Crippen LogP contribution < -0.4 is 11.1 Å². The SMILES string of the molecule is CCC(C)C(C)N(CCC(=O)Nc1ccc(C(N)=O)cc1)C1CC1. The van der Waals surface area contributed by atoms with E-state index in [1.807, 2.05) is 0 Å². The van der Waals surface area contributed by atoms with Gasteiger partial charge in [0.05, 0.1) is 0 Å². The second-order valence-electron chi connectivity index (χ2n) is 6.83. The van der Waals surface area contributed by atoms with E-state index in [2.05, 4.69) is 31.0 Å². The first-order valence-electron chi connectivity index (χ1n) is 8.87. The molecule has 1 aliphatic rings. The number of primary amides is 1. The number of carbonyl (C=O) groups excluding carboxylic acids is 2. The molecule has 1 aromatic carbocycles. The lowest BCUT2D eigenvalue weighted by Crippen LogP contribution is -2.40. The molecule has 24 heavy (non-hydrogen) atoms. The first kappa shape index (κ1) is 18.5. The van der Waals surface area contributed by atoms with Crippen molar-refractivity contribution < 1.29 is 9.59 Å². The van der Waals surface area contributed by atoms with Gasteiger partial charge in [-0.05, 0) is 49.9 Å². The lowest BCUT2D eigenvalue weighted by Gasteiger charge is -2.33. The van der Waals surface area contributed by atoms with Crippen molar-refractivity contribution in [3.63, 3.8) is 0 Å². The number of rotatable bonds is 9. The van der Waals surface area contributed by atoms with Gasteiger partial charge in [-0.1, -0.05) is 20.3 Å². The van der Waals surface area contributed by atoms with Gasteiger partial charge in [-0.3, -0.25) is 14.5 Å². The number of hydrogen-bond donors (Lipinski definition) is 2. The number of anilines is 1. The normalized spacial score (nSPS) is 16.7. The van der Waals surface area contributed by atoms with E-state index in [1.54, 1.807) is 24.3 Å². The Morgan fingerprint density at radius 2 is 1.88 bits per heavy atom. The molecule has 5 heteroatoms. The summed E-state index contributed by atoms with van der Waals surface area (Å²) in [6, 6.07) is 7.82. The Hall–Kier alpha value is -1.88. The number of amides is 2. The highest BCUT2D eigenvalue weighted by Crippen LogP contribution is 2.31. The van der Waals surface area contributed by atoms with Crippen LogP contribution in [0.4, 0.5) is 5.69 Å². The van der Waals surface area contributed by atoms with Crippen LogP contribution in [0.2, 0.25) is 0 Å². The highest BCUT2D eigenvalue weighted by Gasteiger charge is 2.33. The summed E-state index contributed by atoms with van der Waals surface area (Å²) < 4.78 is 0. The number of hydrogen-bond acceptors (Lipinski definition) is 3. The highest BCUT2D eigenvalue weighted by atomic mass is 16.2. The predicted octanol–water partition coefficient (Wildman–Crippen LogP) is 3.01. The number of benzene rings is 1. The van der Waals surface area contributed by atoms with Crippen LogP contribution in [-0.4, -0.2) is 35.3 Å². The Labute approximate surface area is 144 Å². The molecule has 2 atom stereocenters. The summed E-state index contributed by atoms with van der Waals surface area (Å²) in [6.07, 6.45) is 4.13. The summed E-state index contributed by atoms with van der Waals surface area (Å²) in [6.45, 7) is 7.56. The summed E-state index contributed by atoms with van der Waals surface area (Å²) >= 11 is 0. The molecule has 1 saturated carbocycles.